The summed E-state index contributed by atoms with van der Waals surface area (Å²) in [6, 6.07) is 10.2. The predicted molar refractivity (Wildman–Crippen MR) is 93.7 cm³/mol. The highest BCUT2D eigenvalue weighted by molar-refractivity contribution is 5.41. The zero-order chi connectivity index (χ0) is 17.3. The number of nitrogens with zero attached hydrogens (tertiary/aromatic N) is 5. The number of nitrogens with one attached hydrogen (secondary N) is 1. The Morgan fingerprint density at radius 2 is 1.62 bits per heavy atom. The molecule has 0 aliphatic rings. The normalized spacial score (nSPS) is 12.1. The van der Waals surface area contributed by atoms with E-state index in [9.17, 15) is 0 Å². The molecular weight excluding hydrogens is 304 g/mol. The van der Waals surface area contributed by atoms with Gasteiger partial charge in [-0.2, -0.15) is 20.1 Å². The van der Waals surface area contributed by atoms with Gasteiger partial charge in [-0.25, -0.2) is 4.68 Å². The number of hydrogen-bond donors (Lipinski definition) is 3. The standard InChI is InChI=1S/C16H20N8/c1-9-8-10(2)24(23-9)13-6-4-12(5-7-13)11(3)19-16-21-14(17)20-15(18)22-16/h4-8,11H,1-3H3,(H5,17,18,19,20,21,22). The Labute approximate surface area is 140 Å². The van der Waals surface area contributed by atoms with Crippen LogP contribution in [0.4, 0.5) is 17.8 Å². The van der Waals surface area contributed by atoms with Crippen LogP contribution >= 0.6 is 0 Å². The van der Waals surface area contributed by atoms with Crippen molar-refractivity contribution < 1.29 is 0 Å². The Bertz CT molecular complexity index is 833. The molecule has 0 spiro atoms. The molecule has 1 atom stereocenters. The van der Waals surface area contributed by atoms with Crippen molar-refractivity contribution >= 4 is 17.8 Å². The van der Waals surface area contributed by atoms with Crippen LogP contribution in [0.3, 0.4) is 0 Å². The highest BCUT2D eigenvalue weighted by atomic mass is 15.3. The number of nitrogens with two attached hydrogens (primary N) is 2. The van der Waals surface area contributed by atoms with E-state index in [1.807, 2.05) is 55.8 Å². The molecule has 8 heteroatoms. The van der Waals surface area contributed by atoms with Gasteiger partial charge in [0.1, 0.15) is 0 Å². The van der Waals surface area contributed by atoms with Crippen molar-refractivity contribution in [2.24, 2.45) is 0 Å². The third kappa shape index (κ3) is 3.27. The van der Waals surface area contributed by atoms with Crippen LogP contribution in [-0.4, -0.2) is 24.7 Å². The number of nitrogen functional groups attached to an aromatic ring is 2. The van der Waals surface area contributed by atoms with E-state index in [1.165, 1.54) is 0 Å². The fourth-order valence-electron chi connectivity index (χ4n) is 2.55. The van der Waals surface area contributed by atoms with E-state index in [0.29, 0.717) is 5.95 Å². The van der Waals surface area contributed by atoms with Crippen LogP contribution in [0.1, 0.15) is 29.9 Å². The number of benzene rings is 1. The molecule has 0 radical (unpaired) electrons. The van der Waals surface area contributed by atoms with Gasteiger partial charge in [0.2, 0.25) is 17.8 Å². The highest BCUT2D eigenvalue weighted by Crippen LogP contribution is 2.20. The molecule has 8 nitrogen and oxygen atoms in total. The van der Waals surface area contributed by atoms with Gasteiger partial charge in [-0.15, -0.1) is 0 Å². The molecular formula is C16H20N8. The van der Waals surface area contributed by atoms with E-state index in [0.717, 1.165) is 22.6 Å². The van der Waals surface area contributed by atoms with Crippen LogP contribution < -0.4 is 16.8 Å². The van der Waals surface area contributed by atoms with E-state index in [1.54, 1.807) is 0 Å². The molecule has 0 aliphatic heterocycles. The molecule has 124 valence electrons. The van der Waals surface area contributed by atoms with Crippen molar-refractivity contribution in [3.05, 3.63) is 47.3 Å². The lowest BCUT2D eigenvalue weighted by molar-refractivity contribution is 0.825. The van der Waals surface area contributed by atoms with Gasteiger partial charge in [0.15, 0.2) is 0 Å². The monoisotopic (exact) mass is 324 g/mol. The fraction of sp³-hybridized carbons (Fsp3) is 0.250. The van der Waals surface area contributed by atoms with Crippen molar-refractivity contribution in [1.29, 1.82) is 0 Å². The van der Waals surface area contributed by atoms with Crippen molar-refractivity contribution in [1.82, 2.24) is 24.7 Å². The van der Waals surface area contributed by atoms with Gasteiger partial charge in [0.25, 0.3) is 0 Å². The average molecular weight is 324 g/mol. The lowest BCUT2D eigenvalue weighted by Gasteiger charge is -2.15. The van der Waals surface area contributed by atoms with Gasteiger partial charge in [-0.3, -0.25) is 0 Å². The number of hydrogen-bond acceptors (Lipinski definition) is 7. The maximum absolute atomic E-state index is 5.58. The summed E-state index contributed by atoms with van der Waals surface area (Å²) < 4.78 is 1.92. The van der Waals surface area contributed by atoms with Gasteiger partial charge in [0.05, 0.1) is 17.4 Å². The van der Waals surface area contributed by atoms with Gasteiger partial charge in [-0.1, -0.05) is 12.1 Å². The second-order valence-electron chi connectivity index (χ2n) is 5.67. The molecule has 0 fully saturated rings. The van der Waals surface area contributed by atoms with Crippen molar-refractivity contribution in [3.63, 3.8) is 0 Å². The Hall–Kier alpha value is -3.16. The minimum Gasteiger partial charge on any atom is -0.368 e. The van der Waals surface area contributed by atoms with E-state index in [4.69, 9.17) is 11.5 Å². The number of aryl methyl sites for hydroxylation is 2. The Morgan fingerprint density at radius 3 is 2.17 bits per heavy atom. The lowest BCUT2D eigenvalue weighted by Crippen LogP contribution is -2.12. The summed E-state index contributed by atoms with van der Waals surface area (Å²) in [7, 11) is 0. The molecule has 1 unspecified atom stereocenters. The first-order valence-electron chi connectivity index (χ1n) is 7.59. The van der Waals surface area contributed by atoms with Crippen LogP contribution in [0.25, 0.3) is 5.69 Å². The molecule has 3 rings (SSSR count). The summed E-state index contributed by atoms with van der Waals surface area (Å²) in [5, 5.41) is 7.66. The fourth-order valence-corrected chi connectivity index (χ4v) is 2.55. The summed E-state index contributed by atoms with van der Waals surface area (Å²) in [5.74, 6) is 0.546. The highest BCUT2D eigenvalue weighted by Gasteiger charge is 2.10. The first-order valence-corrected chi connectivity index (χ1v) is 7.59. The molecule has 1 aromatic carbocycles. The van der Waals surface area contributed by atoms with E-state index in [-0.39, 0.29) is 17.9 Å². The zero-order valence-electron chi connectivity index (χ0n) is 13.9. The maximum Gasteiger partial charge on any atom is 0.229 e. The van der Waals surface area contributed by atoms with E-state index < -0.39 is 0 Å². The van der Waals surface area contributed by atoms with Crippen LogP contribution in [0.2, 0.25) is 0 Å². The van der Waals surface area contributed by atoms with E-state index in [2.05, 4.69) is 25.4 Å². The topological polar surface area (TPSA) is 121 Å². The van der Waals surface area contributed by atoms with Gasteiger partial charge in [-0.05, 0) is 44.5 Å². The van der Waals surface area contributed by atoms with Crippen molar-refractivity contribution in [2.45, 2.75) is 26.8 Å². The summed E-state index contributed by atoms with van der Waals surface area (Å²) in [5.41, 5.74) is 15.4. The lowest BCUT2D eigenvalue weighted by atomic mass is 10.1. The van der Waals surface area contributed by atoms with Crippen LogP contribution in [-0.2, 0) is 0 Å². The zero-order valence-corrected chi connectivity index (χ0v) is 13.9. The molecule has 2 heterocycles. The van der Waals surface area contributed by atoms with Crippen LogP contribution in [0.15, 0.2) is 30.3 Å². The summed E-state index contributed by atoms with van der Waals surface area (Å²) in [6.45, 7) is 6.03. The van der Waals surface area contributed by atoms with Gasteiger partial charge < -0.3 is 16.8 Å². The number of anilines is 3. The van der Waals surface area contributed by atoms with Gasteiger partial charge in [0, 0.05) is 5.69 Å². The summed E-state index contributed by atoms with van der Waals surface area (Å²) in [4.78, 5) is 11.8. The quantitative estimate of drug-likeness (QED) is 0.671. The molecule has 0 amide bonds. The van der Waals surface area contributed by atoms with Crippen molar-refractivity contribution in [2.75, 3.05) is 16.8 Å². The Balaban J connectivity index is 1.78. The smallest absolute Gasteiger partial charge is 0.229 e. The average Bonchev–Trinajstić information content (AvgIpc) is 2.85. The van der Waals surface area contributed by atoms with Crippen molar-refractivity contribution in [3.8, 4) is 5.69 Å². The van der Waals surface area contributed by atoms with Crippen LogP contribution in [0, 0.1) is 13.8 Å². The third-order valence-corrected chi connectivity index (χ3v) is 3.66. The molecule has 2 aromatic heterocycles. The predicted octanol–water partition coefficient (Wildman–Crippen LogP) is 2.01. The van der Waals surface area contributed by atoms with Crippen LogP contribution in [0.5, 0.6) is 0 Å². The molecule has 24 heavy (non-hydrogen) atoms. The Morgan fingerprint density at radius 1 is 1.00 bits per heavy atom. The first-order chi connectivity index (χ1) is 11.4. The second-order valence-corrected chi connectivity index (χ2v) is 5.67. The SMILES string of the molecule is Cc1cc(C)n(-c2ccc(C(C)Nc3nc(N)nc(N)n3)cc2)n1. The molecule has 0 bridgehead atoms. The minimum absolute atomic E-state index is 0.0132. The molecule has 0 saturated heterocycles. The minimum atomic E-state index is -0.0132. The third-order valence-electron chi connectivity index (χ3n) is 3.66. The molecule has 0 aliphatic carbocycles. The molecule has 5 N–H and O–H groups in total. The molecule has 0 saturated carbocycles. The van der Waals surface area contributed by atoms with E-state index >= 15 is 0 Å². The molecule has 3 aromatic rings. The number of rotatable bonds is 4. The Kier molecular flexibility index (Phi) is 4.03. The largest absolute Gasteiger partial charge is 0.368 e. The van der Waals surface area contributed by atoms with Gasteiger partial charge >= 0.3 is 0 Å². The summed E-state index contributed by atoms with van der Waals surface area (Å²) >= 11 is 0. The maximum atomic E-state index is 5.58. The summed E-state index contributed by atoms with van der Waals surface area (Å²) in [6.07, 6.45) is 0. The second kappa shape index (κ2) is 6.15. The first kappa shape index (κ1) is 15.7. The number of aromatic nitrogens is 5.